The minimum absolute atomic E-state index is 0.244. The molecule has 2 aliphatic rings. The molecule has 1 atom stereocenters. The van der Waals surface area contributed by atoms with Gasteiger partial charge in [-0.15, -0.1) is 22.7 Å². The fourth-order valence-corrected chi connectivity index (χ4v) is 7.26. The summed E-state index contributed by atoms with van der Waals surface area (Å²) in [4.78, 5) is 20.6. The number of pyridine rings is 1. The van der Waals surface area contributed by atoms with E-state index >= 15 is 0 Å². The van der Waals surface area contributed by atoms with Crippen LogP contribution in [0.15, 0.2) is 6.07 Å². The van der Waals surface area contributed by atoms with Crippen LogP contribution in [-0.4, -0.2) is 10.9 Å². The van der Waals surface area contributed by atoms with E-state index in [4.69, 9.17) is 10.7 Å². The maximum absolute atomic E-state index is 13.2. The average Bonchev–Trinajstić information content (AvgIpc) is 3.27. The molecule has 3 heterocycles. The van der Waals surface area contributed by atoms with E-state index in [9.17, 15) is 10.1 Å². The lowest BCUT2D eigenvalue weighted by atomic mass is 9.71. The number of nitrogens with two attached hydrogens (primary N) is 1. The van der Waals surface area contributed by atoms with E-state index in [-0.39, 0.29) is 11.3 Å². The van der Waals surface area contributed by atoms with Gasteiger partial charge in [0, 0.05) is 16.0 Å². The topological polar surface area (TPSA) is 91.8 Å². The monoisotopic (exact) mass is 464 g/mol. The molecule has 2 aliphatic carbocycles. The summed E-state index contributed by atoms with van der Waals surface area (Å²) in [5.74, 6) is 0.372. The van der Waals surface area contributed by atoms with Gasteiger partial charge in [0.2, 0.25) is 0 Å². The molecule has 0 bridgehead atoms. The van der Waals surface area contributed by atoms with Gasteiger partial charge < -0.3 is 11.1 Å². The van der Waals surface area contributed by atoms with Crippen molar-refractivity contribution in [3.63, 3.8) is 0 Å². The zero-order chi connectivity index (χ0) is 22.6. The van der Waals surface area contributed by atoms with Gasteiger partial charge in [0.05, 0.1) is 11.3 Å². The smallest absolute Gasteiger partial charge is 0.268 e. The number of aryl methyl sites for hydroxylation is 2. The first-order valence-corrected chi connectivity index (χ1v) is 13.0. The van der Waals surface area contributed by atoms with Crippen molar-refractivity contribution in [1.29, 1.82) is 5.26 Å². The minimum atomic E-state index is -0.244. The van der Waals surface area contributed by atoms with Gasteiger partial charge in [-0.1, -0.05) is 20.8 Å². The first-order chi connectivity index (χ1) is 15.3. The van der Waals surface area contributed by atoms with Gasteiger partial charge in [-0.3, -0.25) is 4.79 Å². The number of carbonyl (C=O) groups excluding carboxylic acids is 1. The number of nitrogen functional groups attached to an aromatic ring is 1. The van der Waals surface area contributed by atoms with Crippen molar-refractivity contribution in [2.45, 2.75) is 65.7 Å². The van der Waals surface area contributed by atoms with Crippen LogP contribution in [0.3, 0.4) is 0 Å². The number of anilines is 2. The summed E-state index contributed by atoms with van der Waals surface area (Å²) in [5, 5.41) is 14.2. The standard InChI is InChI=1S/C25H28N4OS2/c1-25(2,3)14-8-9-18-13(10-14)11-16-20(27)21(32-23(16)28-18)22(30)29-24-17(12-26)15-6-4-5-7-19(15)31-24/h11,14H,4-10,27H2,1-3H3,(H,29,30). The Morgan fingerprint density at radius 1 is 1.25 bits per heavy atom. The van der Waals surface area contributed by atoms with E-state index in [1.807, 2.05) is 0 Å². The summed E-state index contributed by atoms with van der Waals surface area (Å²) in [7, 11) is 0. The van der Waals surface area contributed by atoms with E-state index < -0.39 is 0 Å². The third kappa shape index (κ3) is 3.60. The number of hydrogen-bond acceptors (Lipinski definition) is 6. The number of nitrogens with one attached hydrogen (secondary N) is 1. The number of amides is 1. The number of hydrogen-bond donors (Lipinski definition) is 2. The van der Waals surface area contributed by atoms with E-state index in [1.54, 1.807) is 0 Å². The summed E-state index contributed by atoms with van der Waals surface area (Å²) in [6.45, 7) is 6.90. The molecule has 5 nitrogen and oxygen atoms in total. The van der Waals surface area contributed by atoms with Gasteiger partial charge in [-0.25, -0.2) is 4.98 Å². The lowest BCUT2D eigenvalue weighted by molar-refractivity contribution is 0.103. The molecule has 5 rings (SSSR count). The lowest BCUT2D eigenvalue weighted by Crippen LogP contribution is -2.27. The molecular weight excluding hydrogens is 436 g/mol. The number of nitrogens with zero attached hydrogens (tertiary/aromatic N) is 2. The number of thiophene rings is 2. The molecule has 3 aromatic heterocycles. The van der Waals surface area contributed by atoms with Crippen LogP contribution in [0.4, 0.5) is 10.7 Å². The van der Waals surface area contributed by atoms with Crippen molar-refractivity contribution in [3.8, 4) is 6.07 Å². The van der Waals surface area contributed by atoms with Crippen LogP contribution in [0, 0.1) is 22.7 Å². The Labute approximate surface area is 196 Å². The lowest BCUT2D eigenvalue weighted by Gasteiger charge is -2.34. The maximum Gasteiger partial charge on any atom is 0.268 e. The highest BCUT2D eigenvalue weighted by atomic mass is 32.1. The van der Waals surface area contributed by atoms with Crippen LogP contribution >= 0.6 is 22.7 Å². The summed E-state index contributed by atoms with van der Waals surface area (Å²) >= 11 is 2.89. The molecule has 1 amide bonds. The van der Waals surface area contributed by atoms with Crippen LogP contribution in [0.25, 0.3) is 10.2 Å². The fourth-order valence-electron chi connectivity index (χ4n) is 5.03. The Hall–Kier alpha value is -2.43. The van der Waals surface area contributed by atoms with Gasteiger partial charge in [0.15, 0.2) is 0 Å². The highest BCUT2D eigenvalue weighted by Crippen LogP contribution is 2.42. The second-order valence-corrected chi connectivity index (χ2v) is 12.2. The molecule has 3 N–H and O–H groups in total. The summed E-state index contributed by atoms with van der Waals surface area (Å²) in [6.07, 6.45) is 7.26. The van der Waals surface area contributed by atoms with Gasteiger partial charge >= 0.3 is 0 Å². The van der Waals surface area contributed by atoms with Gasteiger partial charge in [-0.05, 0) is 73.5 Å². The summed E-state index contributed by atoms with van der Waals surface area (Å²) in [6, 6.07) is 4.47. The number of carbonyl (C=O) groups is 1. The van der Waals surface area contributed by atoms with Crippen molar-refractivity contribution < 1.29 is 4.79 Å². The Morgan fingerprint density at radius 3 is 2.78 bits per heavy atom. The molecule has 0 aliphatic heterocycles. The average molecular weight is 465 g/mol. The third-order valence-electron chi connectivity index (χ3n) is 7.03. The number of rotatable bonds is 2. The highest BCUT2D eigenvalue weighted by Gasteiger charge is 2.30. The Balaban J connectivity index is 1.47. The predicted molar refractivity (Wildman–Crippen MR) is 133 cm³/mol. The van der Waals surface area contributed by atoms with Crippen molar-refractivity contribution in [2.75, 3.05) is 11.1 Å². The highest BCUT2D eigenvalue weighted by molar-refractivity contribution is 7.21. The fraction of sp³-hybridized carbons (Fsp3) is 0.480. The minimum Gasteiger partial charge on any atom is -0.397 e. The molecule has 0 fully saturated rings. The number of nitriles is 1. The van der Waals surface area contributed by atoms with Crippen LogP contribution in [0.1, 0.15) is 77.0 Å². The summed E-state index contributed by atoms with van der Waals surface area (Å²) < 4.78 is 0. The second-order valence-electron chi connectivity index (χ2n) is 10.1. The van der Waals surface area contributed by atoms with Gasteiger partial charge in [0.1, 0.15) is 20.8 Å². The zero-order valence-electron chi connectivity index (χ0n) is 18.8. The summed E-state index contributed by atoms with van der Waals surface area (Å²) in [5.41, 5.74) is 11.4. The largest absolute Gasteiger partial charge is 0.397 e. The molecular formula is C25H28N4OS2. The van der Waals surface area contributed by atoms with Crippen LogP contribution < -0.4 is 11.1 Å². The first kappa shape index (κ1) is 21.4. The van der Waals surface area contributed by atoms with Crippen molar-refractivity contribution in [2.24, 2.45) is 11.3 Å². The Bertz CT molecular complexity index is 1270. The van der Waals surface area contributed by atoms with Crippen molar-refractivity contribution in [3.05, 3.63) is 38.2 Å². The SMILES string of the molecule is CC(C)(C)C1CCc2nc3sc(C(=O)Nc4sc5c(c4C#N)CCCC5)c(N)c3cc2C1. The van der Waals surface area contributed by atoms with Crippen LogP contribution in [0.2, 0.25) is 0 Å². The maximum atomic E-state index is 13.2. The van der Waals surface area contributed by atoms with Gasteiger partial charge in [-0.2, -0.15) is 5.26 Å². The molecule has 0 radical (unpaired) electrons. The zero-order valence-corrected chi connectivity index (χ0v) is 20.4. The predicted octanol–water partition coefficient (Wildman–Crippen LogP) is 6.09. The normalized spacial score (nSPS) is 18.1. The third-order valence-corrected chi connectivity index (χ3v) is 9.35. The van der Waals surface area contributed by atoms with E-state index in [1.165, 1.54) is 33.1 Å². The molecule has 32 heavy (non-hydrogen) atoms. The van der Waals surface area contributed by atoms with E-state index in [0.717, 1.165) is 66.4 Å². The molecule has 0 spiro atoms. The van der Waals surface area contributed by atoms with E-state index in [0.29, 0.717) is 27.0 Å². The molecule has 166 valence electrons. The molecule has 7 heteroatoms. The molecule has 0 saturated heterocycles. The first-order valence-electron chi connectivity index (χ1n) is 11.3. The van der Waals surface area contributed by atoms with Crippen LogP contribution in [-0.2, 0) is 25.7 Å². The van der Waals surface area contributed by atoms with Gasteiger partial charge in [0.25, 0.3) is 5.91 Å². The Morgan fingerprint density at radius 2 is 2.03 bits per heavy atom. The Kier molecular flexibility index (Phi) is 5.26. The van der Waals surface area contributed by atoms with Crippen LogP contribution in [0.5, 0.6) is 0 Å². The molecule has 0 aromatic carbocycles. The quantitative estimate of drug-likeness (QED) is 0.480. The molecule has 1 unspecified atom stereocenters. The molecule has 3 aromatic rings. The number of fused-ring (bicyclic) bond motifs is 3. The van der Waals surface area contributed by atoms with Crippen molar-refractivity contribution >= 4 is 49.5 Å². The molecule has 0 saturated carbocycles. The van der Waals surface area contributed by atoms with Crippen molar-refractivity contribution in [1.82, 2.24) is 4.98 Å². The van der Waals surface area contributed by atoms with E-state index in [2.05, 4.69) is 38.2 Å². The number of aromatic nitrogens is 1. The second kappa shape index (κ2) is 7.86.